The van der Waals surface area contributed by atoms with E-state index in [9.17, 15) is 14.0 Å². The van der Waals surface area contributed by atoms with E-state index in [1.54, 1.807) is 31.6 Å². The second kappa shape index (κ2) is 6.88. The Hall–Kier alpha value is -2.96. The lowest BCUT2D eigenvalue weighted by Gasteiger charge is -2.26. The number of urea groups is 1. The third-order valence-corrected chi connectivity index (χ3v) is 4.40. The summed E-state index contributed by atoms with van der Waals surface area (Å²) in [6.07, 6.45) is 4.23. The van der Waals surface area contributed by atoms with E-state index in [0.29, 0.717) is 18.5 Å². The van der Waals surface area contributed by atoms with Crippen LogP contribution in [0.5, 0.6) is 0 Å². The van der Waals surface area contributed by atoms with Gasteiger partial charge in [-0.25, -0.2) is 9.18 Å². The Morgan fingerprint density at radius 2 is 2.20 bits per heavy atom. The quantitative estimate of drug-likeness (QED) is 0.898. The van der Waals surface area contributed by atoms with Gasteiger partial charge in [0.1, 0.15) is 5.82 Å². The zero-order chi connectivity index (χ0) is 18.0. The number of hydrogen-bond donors (Lipinski definition) is 2. The molecule has 3 rings (SSSR count). The number of nitrogens with zero attached hydrogens (tertiary/aromatic N) is 2. The third-order valence-electron chi connectivity index (χ3n) is 4.40. The molecule has 0 bridgehead atoms. The number of carbonyl (C=O) groups excluding carboxylic acids is 2. The molecule has 3 amide bonds. The predicted octanol–water partition coefficient (Wildman–Crippen LogP) is 3.33. The molecule has 0 unspecified atom stereocenters. The van der Waals surface area contributed by atoms with Crippen molar-refractivity contribution in [2.45, 2.75) is 25.8 Å². The number of amides is 3. The molecule has 1 aliphatic rings. The van der Waals surface area contributed by atoms with E-state index in [2.05, 4.69) is 15.6 Å². The molecular formula is C18H19FN4O2. The number of benzene rings is 1. The number of hydrogen-bond acceptors (Lipinski definition) is 3. The van der Waals surface area contributed by atoms with Crippen LogP contribution in [-0.4, -0.2) is 28.9 Å². The lowest BCUT2D eigenvalue weighted by Crippen LogP contribution is -2.34. The monoisotopic (exact) mass is 342 g/mol. The molecule has 0 aliphatic carbocycles. The van der Waals surface area contributed by atoms with Crippen LogP contribution >= 0.6 is 0 Å². The van der Waals surface area contributed by atoms with Gasteiger partial charge in [0.05, 0.1) is 11.7 Å². The van der Waals surface area contributed by atoms with E-state index in [4.69, 9.17) is 0 Å². The Bertz CT molecular complexity index is 810. The first kappa shape index (κ1) is 16.9. The molecule has 1 aliphatic heterocycles. The average Bonchev–Trinajstić information content (AvgIpc) is 2.62. The minimum Gasteiger partial charge on any atom is -0.326 e. The standard InChI is InChI=1S/C18H19FN4O2/c1-11(13-4-3-7-20-10-13)23(2)18(25)22-16-8-12-5-6-17(24)21-15(12)9-14(16)19/h3-4,7-11H,5-6H2,1-2H3,(H,21,24)(H,22,25)/t11-/m0/s1. The highest BCUT2D eigenvalue weighted by Gasteiger charge is 2.21. The third kappa shape index (κ3) is 3.60. The zero-order valence-corrected chi connectivity index (χ0v) is 14.0. The molecule has 130 valence electrons. The van der Waals surface area contributed by atoms with Crippen LogP contribution in [0.15, 0.2) is 36.7 Å². The summed E-state index contributed by atoms with van der Waals surface area (Å²) in [7, 11) is 1.64. The Labute approximate surface area is 145 Å². The first-order valence-corrected chi connectivity index (χ1v) is 8.01. The number of pyridine rings is 1. The zero-order valence-electron chi connectivity index (χ0n) is 14.0. The number of anilines is 2. The molecule has 6 nitrogen and oxygen atoms in total. The van der Waals surface area contributed by atoms with Crippen molar-refractivity contribution in [3.8, 4) is 0 Å². The summed E-state index contributed by atoms with van der Waals surface area (Å²) < 4.78 is 14.3. The Kier molecular flexibility index (Phi) is 4.65. The van der Waals surface area contributed by atoms with Crippen LogP contribution in [0.3, 0.4) is 0 Å². The van der Waals surface area contributed by atoms with Crippen molar-refractivity contribution in [2.75, 3.05) is 17.7 Å². The molecule has 0 radical (unpaired) electrons. The second-order valence-electron chi connectivity index (χ2n) is 6.04. The smallest absolute Gasteiger partial charge is 0.322 e. The molecule has 25 heavy (non-hydrogen) atoms. The first-order valence-electron chi connectivity index (χ1n) is 8.01. The minimum absolute atomic E-state index is 0.102. The molecule has 0 saturated carbocycles. The summed E-state index contributed by atoms with van der Waals surface area (Å²) in [4.78, 5) is 29.4. The largest absolute Gasteiger partial charge is 0.326 e. The van der Waals surface area contributed by atoms with Crippen LogP contribution in [-0.2, 0) is 11.2 Å². The summed E-state index contributed by atoms with van der Waals surface area (Å²) in [5.74, 6) is -0.717. The summed E-state index contributed by atoms with van der Waals surface area (Å²) in [6, 6.07) is 5.86. The van der Waals surface area contributed by atoms with Crippen LogP contribution in [0.4, 0.5) is 20.6 Å². The van der Waals surface area contributed by atoms with Gasteiger partial charge in [-0.2, -0.15) is 0 Å². The maximum Gasteiger partial charge on any atom is 0.322 e. The molecule has 2 heterocycles. The molecule has 2 N–H and O–H groups in total. The molecular weight excluding hydrogens is 323 g/mol. The number of nitrogens with one attached hydrogen (secondary N) is 2. The summed E-state index contributed by atoms with van der Waals surface area (Å²) in [5.41, 5.74) is 2.25. The second-order valence-corrected chi connectivity index (χ2v) is 6.04. The minimum atomic E-state index is -0.586. The van der Waals surface area contributed by atoms with Gasteiger partial charge in [0, 0.05) is 31.5 Å². The van der Waals surface area contributed by atoms with Crippen molar-refractivity contribution >= 4 is 23.3 Å². The van der Waals surface area contributed by atoms with Gasteiger partial charge in [-0.15, -0.1) is 0 Å². The summed E-state index contributed by atoms with van der Waals surface area (Å²) in [5, 5.41) is 5.24. The average molecular weight is 342 g/mol. The van der Waals surface area contributed by atoms with E-state index in [1.807, 2.05) is 13.0 Å². The Morgan fingerprint density at radius 1 is 1.40 bits per heavy atom. The number of carbonyl (C=O) groups is 2. The molecule has 0 spiro atoms. The lowest BCUT2D eigenvalue weighted by atomic mass is 10.0. The summed E-state index contributed by atoms with van der Waals surface area (Å²) >= 11 is 0. The van der Waals surface area contributed by atoms with E-state index < -0.39 is 11.8 Å². The molecule has 1 aromatic carbocycles. The van der Waals surface area contributed by atoms with E-state index in [-0.39, 0.29) is 17.6 Å². The molecule has 2 aromatic rings. The van der Waals surface area contributed by atoms with Gasteiger partial charge in [-0.05, 0) is 42.7 Å². The molecule has 0 fully saturated rings. The van der Waals surface area contributed by atoms with Gasteiger partial charge in [-0.3, -0.25) is 9.78 Å². The number of halogens is 1. The van der Waals surface area contributed by atoms with Gasteiger partial charge in [0.25, 0.3) is 0 Å². The van der Waals surface area contributed by atoms with E-state index in [1.165, 1.54) is 11.0 Å². The van der Waals surface area contributed by atoms with Gasteiger partial charge >= 0.3 is 6.03 Å². The van der Waals surface area contributed by atoms with Crippen LogP contribution in [0.2, 0.25) is 0 Å². The van der Waals surface area contributed by atoms with Crippen molar-refractivity contribution in [2.24, 2.45) is 0 Å². The van der Waals surface area contributed by atoms with Gasteiger partial charge < -0.3 is 15.5 Å². The maximum absolute atomic E-state index is 14.3. The normalized spacial score (nSPS) is 14.3. The highest BCUT2D eigenvalue weighted by Crippen LogP contribution is 2.29. The van der Waals surface area contributed by atoms with Crippen molar-refractivity contribution in [3.05, 3.63) is 53.6 Å². The topological polar surface area (TPSA) is 74.3 Å². The number of aryl methyl sites for hydroxylation is 1. The molecule has 1 atom stereocenters. The number of aromatic nitrogens is 1. The van der Waals surface area contributed by atoms with Crippen LogP contribution < -0.4 is 10.6 Å². The Balaban J connectivity index is 1.75. The summed E-state index contributed by atoms with van der Waals surface area (Å²) in [6.45, 7) is 1.87. The predicted molar refractivity (Wildman–Crippen MR) is 92.8 cm³/mol. The van der Waals surface area contributed by atoms with Crippen molar-refractivity contribution in [3.63, 3.8) is 0 Å². The lowest BCUT2D eigenvalue weighted by molar-refractivity contribution is -0.116. The molecule has 1 aromatic heterocycles. The van der Waals surface area contributed by atoms with E-state index >= 15 is 0 Å². The van der Waals surface area contributed by atoms with Gasteiger partial charge in [0.2, 0.25) is 5.91 Å². The van der Waals surface area contributed by atoms with Crippen molar-refractivity contribution in [1.82, 2.24) is 9.88 Å². The molecule has 7 heteroatoms. The van der Waals surface area contributed by atoms with Crippen LogP contribution in [0, 0.1) is 5.82 Å². The highest BCUT2D eigenvalue weighted by atomic mass is 19.1. The van der Waals surface area contributed by atoms with Gasteiger partial charge in [-0.1, -0.05) is 6.07 Å². The number of fused-ring (bicyclic) bond motifs is 1. The highest BCUT2D eigenvalue weighted by molar-refractivity contribution is 5.95. The van der Waals surface area contributed by atoms with Crippen LogP contribution in [0.25, 0.3) is 0 Å². The SMILES string of the molecule is C[C@@H](c1cccnc1)N(C)C(=O)Nc1cc2c(cc1F)NC(=O)CC2. The van der Waals surface area contributed by atoms with Crippen molar-refractivity contribution in [1.29, 1.82) is 0 Å². The fourth-order valence-corrected chi connectivity index (χ4v) is 2.72. The van der Waals surface area contributed by atoms with Gasteiger partial charge in [0.15, 0.2) is 0 Å². The van der Waals surface area contributed by atoms with E-state index in [0.717, 1.165) is 11.1 Å². The Morgan fingerprint density at radius 3 is 2.92 bits per heavy atom. The fraction of sp³-hybridized carbons (Fsp3) is 0.278. The first-order chi connectivity index (χ1) is 12.0. The maximum atomic E-state index is 14.3. The van der Waals surface area contributed by atoms with Crippen molar-refractivity contribution < 1.29 is 14.0 Å². The van der Waals surface area contributed by atoms with Crippen LogP contribution in [0.1, 0.15) is 30.5 Å². The fourth-order valence-electron chi connectivity index (χ4n) is 2.72. The molecule has 0 saturated heterocycles. The number of rotatable bonds is 3.